The number of thiophene rings is 2. The van der Waals surface area contributed by atoms with E-state index < -0.39 is 23.8 Å². The number of halogens is 2. The molecule has 8 nitrogen and oxygen atoms in total. The van der Waals surface area contributed by atoms with Crippen molar-refractivity contribution in [2.24, 2.45) is 0 Å². The number of esters is 2. The van der Waals surface area contributed by atoms with Gasteiger partial charge in [0.25, 0.3) is 0 Å². The van der Waals surface area contributed by atoms with E-state index in [1.54, 1.807) is 59.3 Å². The molecule has 0 saturated carbocycles. The molecule has 2 N–H and O–H groups in total. The van der Waals surface area contributed by atoms with Crippen molar-refractivity contribution in [2.75, 3.05) is 24.9 Å². The molecule has 0 unspecified atom stereocenters. The van der Waals surface area contributed by atoms with E-state index in [1.165, 1.54) is 36.9 Å². The van der Waals surface area contributed by atoms with Gasteiger partial charge in [-0.3, -0.25) is 9.59 Å². The van der Waals surface area contributed by atoms with Crippen LogP contribution in [0.3, 0.4) is 0 Å². The van der Waals surface area contributed by atoms with E-state index in [0.717, 1.165) is 11.1 Å². The zero-order valence-corrected chi connectivity index (χ0v) is 24.4. The van der Waals surface area contributed by atoms with E-state index in [1.807, 2.05) is 0 Å². The molecule has 0 saturated heterocycles. The predicted octanol–water partition coefficient (Wildman–Crippen LogP) is 7.38. The number of nitrogens with one attached hydrogen (secondary N) is 2. The van der Waals surface area contributed by atoms with E-state index >= 15 is 0 Å². The van der Waals surface area contributed by atoms with Crippen LogP contribution >= 0.6 is 45.9 Å². The molecule has 0 aliphatic carbocycles. The summed E-state index contributed by atoms with van der Waals surface area (Å²) >= 11 is 14.3. The number of amides is 2. The van der Waals surface area contributed by atoms with Gasteiger partial charge in [-0.05, 0) is 35.4 Å². The van der Waals surface area contributed by atoms with Crippen molar-refractivity contribution in [1.82, 2.24) is 0 Å². The van der Waals surface area contributed by atoms with Gasteiger partial charge in [0.15, 0.2) is 0 Å². The number of rotatable bonds is 9. The van der Waals surface area contributed by atoms with Gasteiger partial charge in [0.2, 0.25) is 11.8 Å². The predicted molar refractivity (Wildman–Crippen MR) is 159 cm³/mol. The summed E-state index contributed by atoms with van der Waals surface area (Å²) in [5.41, 5.74) is 3.07. The molecule has 0 fully saturated rings. The first-order valence-corrected chi connectivity index (χ1v) is 14.2. The molecule has 206 valence electrons. The van der Waals surface area contributed by atoms with Crippen LogP contribution in [0.4, 0.5) is 10.0 Å². The number of hydrogen-bond acceptors (Lipinski definition) is 8. The largest absolute Gasteiger partial charge is 0.465 e. The average Bonchev–Trinajstić information content (AvgIpc) is 3.56. The third kappa shape index (κ3) is 6.71. The van der Waals surface area contributed by atoms with E-state index in [4.69, 9.17) is 32.7 Å². The van der Waals surface area contributed by atoms with E-state index in [9.17, 15) is 19.2 Å². The highest BCUT2D eigenvalue weighted by molar-refractivity contribution is 7.15. The molecular formula is C28H22Cl2N2O6S2. The van der Waals surface area contributed by atoms with Crippen molar-refractivity contribution in [1.29, 1.82) is 0 Å². The first-order valence-electron chi connectivity index (χ1n) is 11.7. The van der Waals surface area contributed by atoms with Gasteiger partial charge in [-0.15, -0.1) is 22.7 Å². The monoisotopic (exact) mass is 616 g/mol. The van der Waals surface area contributed by atoms with Crippen molar-refractivity contribution in [3.8, 4) is 22.3 Å². The van der Waals surface area contributed by atoms with E-state index in [-0.39, 0.29) is 24.0 Å². The third-order valence-electron chi connectivity index (χ3n) is 5.76. The normalized spacial score (nSPS) is 10.6. The van der Waals surface area contributed by atoms with Crippen LogP contribution in [0.1, 0.15) is 33.6 Å². The van der Waals surface area contributed by atoms with Crippen molar-refractivity contribution < 1.29 is 28.7 Å². The zero-order valence-electron chi connectivity index (χ0n) is 21.2. The lowest BCUT2D eigenvalue weighted by Crippen LogP contribution is -2.18. The van der Waals surface area contributed by atoms with Crippen LogP contribution in [0.15, 0.2) is 59.3 Å². The minimum Gasteiger partial charge on any atom is -0.465 e. The van der Waals surface area contributed by atoms with Crippen LogP contribution < -0.4 is 10.6 Å². The van der Waals surface area contributed by atoms with Gasteiger partial charge < -0.3 is 20.1 Å². The van der Waals surface area contributed by atoms with Gasteiger partial charge >= 0.3 is 11.9 Å². The fourth-order valence-corrected chi connectivity index (χ4v) is 6.00. The van der Waals surface area contributed by atoms with Crippen LogP contribution in [-0.2, 0) is 19.1 Å². The average molecular weight is 618 g/mol. The van der Waals surface area contributed by atoms with Gasteiger partial charge in [0, 0.05) is 44.8 Å². The number of carbonyl (C=O) groups is 4. The maximum atomic E-state index is 12.7. The smallest absolute Gasteiger partial charge is 0.341 e. The molecule has 2 aromatic carbocycles. The molecule has 0 aliphatic heterocycles. The molecule has 12 heteroatoms. The van der Waals surface area contributed by atoms with Crippen LogP contribution in [-0.4, -0.2) is 38.0 Å². The Bertz CT molecular complexity index is 1440. The number of methoxy groups -OCH3 is 2. The lowest BCUT2D eigenvalue weighted by molar-refractivity contribution is -0.121. The second-order valence-electron chi connectivity index (χ2n) is 8.30. The molecule has 2 amide bonds. The highest BCUT2D eigenvalue weighted by Gasteiger charge is 2.24. The molecule has 0 radical (unpaired) electrons. The summed E-state index contributed by atoms with van der Waals surface area (Å²) in [6.07, 6.45) is -0.326. The molecule has 40 heavy (non-hydrogen) atoms. The van der Waals surface area contributed by atoms with Crippen molar-refractivity contribution >= 4 is 79.6 Å². The Morgan fingerprint density at radius 3 is 1.32 bits per heavy atom. The minimum absolute atomic E-state index is 0.163. The highest BCUT2D eigenvalue weighted by Crippen LogP contribution is 2.38. The summed E-state index contributed by atoms with van der Waals surface area (Å²) in [7, 11) is 2.51. The fourth-order valence-electron chi connectivity index (χ4n) is 3.80. The first-order chi connectivity index (χ1) is 19.2. The van der Waals surface area contributed by atoms with Crippen LogP contribution in [0.5, 0.6) is 0 Å². The highest BCUT2D eigenvalue weighted by atomic mass is 35.5. The molecule has 4 rings (SSSR count). The zero-order chi connectivity index (χ0) is 28.8. The molecule has 0 bridgehead atoms. The second kappa shape index (κ2) is 13.1. The van der Waals surface area contributed by atoms with Crippen LogP contribution in [0.2, 0.25) is 10.0 Å². The summed E-state index contributed by atoms with van der Waals surface area (Å²) in [6, 6.07) is 13.8. The van der Waals surface area contributed by atoms with Crippen molar-refractivity contribution in [2.45, 2.75) is 12.8 Å². The Labute approximate surface area is 247 Å². The number of benzene rings is 2. The van der Waals surface area contributed by atoms with Gasteiger partial charge in [0.1, 0.15) is 21.1 Å². The first kappa shape index (κ1) is 29.3. The molecule has 2 heterocycles. The van der Waals surface area contributed by atoms with Gasteiger partial charge in [-0.25, -0.2) is 9.59 Å². The maximum Gasteiger partial charge on any atom is 0.341 e. The fraction of sp³-hybridized carbons (Fsp3) is 0.143. The maximum absolute atomic E-state index is 12.7. The molecule has 0 atom stereocenters. The molecule has 0 aliphatic rings. The number of hydrogen-bond donors (Lipinski definition) is 2. The number of carbonyl (C=O) groups excluding carboxylic acids is 4. The molecular weight excluding hydrogens is 595 g/mol. The lowest BCUT2D eigenvalue weighted by atomic mass is 10.0. The Hall–Kier alpha value is -3.70. The Morgan fingerprint density at radius 1 is 0.650 bits per heavy atom. The Balaban J connectivity index is 1.44. The lowest BCUT2D eigenvalue weighted by Gasteiger charge is -2.09. The Kier molecular flexibility index (Phi) is 9.59. The van der Waals surface area contributed by atoms with Gasteiger partial charge in [-0.1, -0.05) is 47.5 Å². The topological polar surface area (TPSA) is 111 Å². The SMILES string of the molecule is COC(=O)c1c(-c2ccc(Cl)cc2)csc1NC(=O)CCC(=O)Nc1scc(-c2ccc(Cl)cc2)c1C(=O)OC. The Morgan fingerprint density at radius 2 is 1.00 bits per heavy atom. The third-order valence-corrected chi connectivity index (χ3v) is 8.05. The van der Waals surface area contributed by atoms with Crippen molar-refractivity contribution in [3.05, 3.63) is 80.5 Å². The van der Waals surface area contributed by atoms with Gasteiger partial charge in [0.05, 0.1) is 14.2 Å². The van der Waals surface area contributed by atoms with E-state index in [0.29, 0.717) is 31.2 Å². The van der Waals surface area contributed by atoms with E-state index in [2.05, 4.69) is 10.6 Å². The van der Waals surface area contributed by atoms with Gasteiger partial charge in [-0.2, -0.15) is 0 Å². The van der Waals surface area contributed by atoms with Crippen LogP contribution in [0, 0.1) is 0 Å². The summed E-state index contributed by atoms with van der Waals surface area (Å²) in [5, 5.41) is 10.6. The number of ether oxygens (including phenoxy) is 2. The standard InChI is InChI=1S/C28H22Cl2N2O6S2/c1-37-27(35)23-19(15-3-7-17(29)8-4-15)13-39-25(23)31-21(33)11-12-22(34)32-26-24(28(36)38-2)20(14-40-26)16-5-9-18(30)10-6-16/h3-10,13-14H,11-12H2,1-2H3,(H,31,33)(H,32,34). The van der Waals surface area contributed by atoms with Crippen molar-refractivity contribution in [3.63, 3.8) is 0 Å². The summed E-state index contributed by atoms with van der Waals surface area (Å²) < 4.78 is 9.86. The minimum atomic E-state index is -0.608. The summed E-state index contributed by atoms with van der Waals surface area (Å²) in [5.74, 6) is -2.15. The van der Waals surface area contributed by atoms with Crippen LogP contribution in [0.25, 0.3) is 22.3 Å². The molecule has 2 aromatic heterocycles. The number of anilines is 2. The summed E-state index contributed by atoms with van der Waals surface area (Å²) in [4.78, 5) is 50.5. The summed E-state index contributed by atoms with van der Waals surface area (Å²) in [6.45, 7) is 0. The molecule has 4 aromatic rings. The molecule has 0 spiro atoms. The second-order valence-corrected chi connectivity index (χ2v) is 10.9. The quantitative estimate of drug-likeness (QED) is 0.190.